The molecule has 2 rings (SSSR count). The fourth-order valence-electron chi connectivity index (χ4n) is 1.56. The molecule has 88 valence electrons. The second kappa shape index (κ2) is 5.55. The van der Waals surface area contributed by atoms with Crippen molar-refractivity contribution < 1.29 is 0 Å². The molecule has 0 radical (unpaired) electrons. The van der Waals surface area contributed by atoms with Gasteiger partial charge >= 0.3 is 0 Å². The molecule has 0 saturated heterocycles. The number of hydrogen-bond donors (Lipinski definition) is 1. The van der Waals surface area contributed by atoms with E-state index in [2.05, 4.69) is 27.4 Å². The van der Waals surface area contributed by atoms with E-state index in [-0.39, 0.29) is 0 Å². The second-order valence-corrected chi connectivity index (χ2v) is 4.22. The molecule has 2 aromatic rings. The average Bonchev–Trinajstić information content (AvgIpc) is 2.34. The van der Waals surface area contributed by atoms with Gasteiger partial charge in [0, 0.05) is 36.9 Å². The minimum absolute atomic E-state index is 0.834. The average molecular weight is 227 g/mol. The van der Waals surface area contributed by atoms with Gasteiger partial charge in [-0.2, -0.15) is 0 Å². The minimum Gasteiger partial charge on any atom is -0.309 e. The van der Waals surface area contributed by atoms with Gasteiger partial charge in [-0.1, -0.05) is 12.1 Å². The van der Waals surface area contributed by atoms with Crippen molar-refractivity contribution in [2.45, 2.75) is 26.9 Å². The zero-order valence-corrected chi connectivity index (χ0v) is 10.3. The Morgan fingerprint density at radius 1 is 0.824 bits per heavy atom. The first kappa shape index (κ1) is 11.7. The van der Waals surface area contributed by atoms with E-state index in [0.717, 1.165) is 24.5 Å². The number of aromatic nitrogens is 2. The lowest BCUT2D eigenvalue weighted by Gasteiger charge is -2.05. The monoisotopic (exact) mass is 227 g/mol. The molecule has 0 aliphatic rings. The molecular weight excluding hydrogens is 210 g/mol. The first-order chi connectivity index (χ1) is 8.24. The van der Waals surface area contributed by atoms with Crippen LogP contribution >= 0.6 is 0 Å². The molecule has 1 N–H and O–H groups in total. The summed E-state index contributed by atoms with van der Waals surface area (Å²) in [6, 6.07) is 8.26. The van der Waals surface area contributed by atoms with E-state index in [9.17, 15) is 0 Å². The van der Waals surface area contributed by atoms with Gasteiger partial charge in [0.15, 0.2) is 0 Å². The van der Waals surface area contributed by atoms with Crippen LogP contribution < -0.4 is 5.32 Å². The Labute approximate surface area is 102 Å². The number of pyridine rings is 2. The highest BCUT2D eigenvalue weighted by atomic mass is 14.9. The molecule has 0 atom stereocenters. The van der Waals surface area contributed by atoms with E-state index < -0.39 is 0 Å². The number of aryl methyl sites for hydroxylation is 2. The summed E-state index contributed by atoms with van der Waals surface area (Å²) in [6.07, 6.45) is 3.82. The summed E-state index contributed by atoms with van der Waals surface area (Å²) >= 11 is 0. The van der Waals surface area contributed by atoms with Gasteiger partial charge in [-0.3, -0.25) is 9.97 Å². The van der Waals surface area contributed by atoms with Crippen LogP contribution in [-0.2, 0) is 13.1 Å². The normalized spacial score (nSPS) is 10.5. The fourth-order valence-corrected chi connectivity index (χ4v) is 1.56. The van der Waals surface area contributed by atoms with Crippen molar-refractivity contribution in [3.63, 3.8) is 0 Å². The topological polar surface area (TPSA) is 37.8 Å². The minimum atomic E-state index is 0.834. The third kappa shape index (κ3) is 3.64. The highest BCUT2D eigenvalue weighted by Crippen LogP contribution is 2.01. The summed E-state index contributed by atoms with van der Waals surface area (Å²) in [5, 5.41) is 3.38. The Kier molecular flexibility index (Phi) is 3.83. The van der Waals surface area contributed by atoms with Gasteiger partial charge in [0.1, 0.15) is 0 Å². The summed E-state index contributed by atoms with van der Waals surface area (Å²) in [6.45, 7) is 5.66. The zero-order valence-electron chi connectivity index (χ0n) is 10.3. The van der Waals surface area contributed by atoms with Gasteiger partial charge in [0.2, 0.25) is 0 Å². The SMILES string of the molecule is Cc1ccc(CNCc2ccc(C)nc2)cn1. The van der Waals surface area contributed by atoms with Crippen LogP contribution in [0.15, 0.2) is 36.7 Å². The predicted octanol–water partition coefficient (Wildman–Crippen LogP) is 2.38. The van der Waals surface area contributed by atoms with Crippen molar-refractivity contribution in [3.8, 4) is 0 Å². The molecule has 0 aromatic carbocycles. The van der Waals surface area contributed by atoms with Crippen LogP contribution in [0.25, 0.3) is 0 Å². The van der Waals surface area contributed by atoms with Crippen molar-refractivity contribution in [1.29, 1.82) is 0 Å². The van der Waals surface area contributed by atoms with Crippen LogP contribution in [0.3, 0.4) is 0 Å². The Balaban J connectivity index is 1.83. The van der Waals surface area contributed by atoms with Crippen molar-refractivity contribution in [1.82, 2.24) is 15.3 Å². The highest BCUT2D eigenvalue weighted by molar-refractivity contribution is 5.15. The maximum Gasteiger partial charge on any atom is 0.0372 e. The lowest BCUT2D eigenvalue weighted by Crippen LogP contribution is -2.13. The number of hydrogen-bond acceptors (Lipinski definition) is 3. The highest BCUT2D eigenvalue weighted by Gasteiger charge is 1.95. The van der Waals surface area contributed by atoms with E-state index in [1.165, 1.54) is 11.1 Å². The molecule has 0 spiro atoms. The molecule has 0 bridgehead atoms. The Morgan fingerprint density at radius 2 is 1.29 bits per heavy atom. The number of nitrogens with zero attached hydrogens (tertiary/aromatic N) is 2. The summed E-state index contributed by atoms with van der Waals surface area (Å²) < 4.78 is 0. The largest absolute Gasteiger partial charge is 0.309 e. The van der Waals surface area contributed by atoms with E-state index in [1.807, 2.05) is 38.4 Å². The van der Waals surface area contributed by atoms with E-state index in [1.54, 1.807) is 0 Å². The van der Waals surface area contributed by atoms with Crippen LogP contribution in [0.4, 0.5) is 0 Å². The summed E-state index contributed by atoms with van der Waals surface area (Å²) in [7, 11) is 0. The molecule has 0 aliphatic carbocycles. The van der Waals surface area contributed by atoms with E-state index >= 15 is 0 Å². The van der Waals surface area contributed by atoms with Gasteiger partial charge in [0.05, 0.1) is 0 Å². The van der Waals surface area contributed by atoms with E-state index in [0.29, 0.717) is 0 Å². The van der Waals surface area contributed by atoms with E-state index in [4.69, 9.17) is 0 Å². The first-order valence-electron chi connectivity index (χ1n) is 5.78. The molecule has 0 amide bonds. The molecule has 0 saturated carbocycles. The van der Waals surface area contributed by atoms with Gasteiger partial charge < -0.3 is 5.32 Å². The summed E-state index contributed by atoms with van der Waals surface area (Å²) in [5.41, 5.74) is 4.51. The fraction of sp³-hybridized carbons (Fsp3) is 0.286. The molecule has 3 heteroatoms. The summed E-state index contributed by atoms with van der Waals surface area (Å²) in [4.78, 5) is 8.53. The van der Waals surface area contributed by atoms with Gasteiger partial charge in [-0.25, -0.2) is 0 Å². The van der Waals surface area contributed by atoms with Crippen LogP contribution in [0.5, 0.6) is 0 Å². The lowest BCUT2D eigenvalue weighted by molar-refractivity contribution is 0.688. The third-order valence-electron chi connectivity index (χ3n) is 2.60. The number of rotatable bonds is 4. The Morgan fingerprint density at radius 3 is 1.65 bits per heavy atom. The predicted molar refractivity (Wildman–Crippen MR) is 68.5 cm³/mol. The third-order valence-corrected chi connectivity index (χ3v) is 2.60. The Bertz CT molecular complexity index is 414. The number of nitrogens with one attached hydrogen (secondary N) is 1. The smallest absolute Gasteiger partial charge is 0.0372 e. The molecule has 2 aromatic heterocycles. The standard InChI is InChI=1S/C14H17N3/c1-11-3-5-13(9-16-11)7-15-8-14-6-4-12(2)17-10-14/h3-6,9-10,15H,7-8H2,1-2H3. The van der Waals surface area contributed by atoms with Crippen molar-refractivity contribution in [2.75, 3.05) is 0 Å². The molecule has 3 nitrogen and oxygen atoms in total. The Hall–Kier alpha value is -1.74. The molecule has 0 fully saturated rings. The van der Waals surface area contributed by atoms with Crippen LogP contribution in [-0.4, -0.2) is 9.97 Å². The zero-order chi connectivity index (χ0) is 12.1. The maximum absolute atomic E-state index is 4.26. The molecule has 0 unspecified atom stereocenters. The molecule has 0 aliphatic heterocycles. The second-order valence-electron chi connectivity index (χ2n) is 4.22. The molecule has 17 heavy (non-hydrogen) atoms. The molecular formula is C14H17N3. The van der Waals surface area contributed by atoms with Gasteiger partial charge in [-0.05, 0) is 37.1 Å². The quantitative estimate of drug-likeness (QED) is 0.871. The molecule has 2 heterocycles. The lowest BCUT2D eigenvalue weighted by atomic mass is 10.2. The maximum atomic E-state index is 4.26. The van der Waals surface area contributed by atoms with Crippen molar-refractivity contribution in [3.05, 3.63) is 59.2 Å². The van der Waals surface area contributed by atoms with Gasteiger partial charge in [0.25, 0.3) is 0 Å². The van der Waals surface area contributed by atoms with Crippen molar-refractivity contribution >= 4 is 0 Å². The first-order valence-corrected chi connectivity index (χ1v) is 5.78. The van der Waals surface area contributed by atoms with Gasteiger partial charge in [-0.15, -0.1) is 0 Å². The van der Waals surface area contributed by atoms with Crippen LogP contribution in [0.1, 0.15) is 22.5 Å². The summed E-state index contributed by atoms with van der Waals surface area (Å²) in [5.74, 6) is 0. The van der Waals surface area contributed by atoms with Crippen LogP contribution in [0, 0.1) is 13.8 Å². The van der Waals surface area contributed by atoms with Crippen LogP contribution in [0.2, 0.25) is 0 Å². The van der Waals surface area contributed by atoms with Crippen molar-refractivity contribution in [2.24, 2.45) is 0 Å².